The molecule has 118 valence electrons. The summed E-state index contributed by atoms with van der Waals surface area (Å²) in [6.45, 7) is 8.17. The van der Waals surface area contributed by atoms with E-state index in [0.29, 0.717) is 17.0 Å². The zero-order valence-electron chi connectivity index (χ0n) is 13.2. The number of piperidine rings is 1. The molecule has 1 saturated heterocycles. The summed E-state index contributed by atoms with van der Waals surface area (Å²) >= 11 is 0. The summed E-state index contributed by atoms with van der Waals surface area (Å²) in [7, 11) is 0. The Labute approximate surface area is 129 Å². The van der Waals surface area contributed by atoms with Gasteiger partial charge in [-0.3, -0.25) is 4.79 Å². The van der Waals surface area contributed by atoms with Crippen molar-refractivity contribution < 1.29 is 4.79 Å². The minimum Gasteiger partial charge on any atom is -0.366 e. The average molecular weight is 302 g/mol. The van der Waals surface area contributed by atoms with Gasteiger partial charge in [0.05, 0.1) is 11.3 Å². The molecule has 7 heteroatoms. The third kappa shape index (κ3) is 2.52. The van der Waals surface area contributed by atoms with Gasteiger partial charge < -0.3 is 16.4 Å². The highest BCUT2D eigenvalue weighted by Gasteiger charge is 2.33. The molecule has 0 radical (unpaired) electrons. The number of carbonyl (C=O) groups excluding carboxylic acids is 1. The number of primary amides is 1. The summed E-state index contributed by atoms with van der Waals surface area (Å²) < 4.78 is 1.67. The molecule has 1 aliphatic heterocycles. The van der Waals surface area contributed by atoms with Crippen LogP contribution in [0.3, 0.4) is 0 Å². The lowest BCUT2D eigenvalue weighted by Crippen LogP contribution is -2.50. The molecule has 0 bridgehead atoms. The van der Waals surface area contributed by atoms with Crippen LogP contribution in [0.5, 0.6) is 0 Å². The number of hydrogen-bond donors (Lipinski definition) is 3. The number of aromatic nitrogens is 3. The molecule has 2 aromatic rings. The van der Waals surface area contributed by atoms with Gasteiger partial charge in [0.1, 0.15) is 5.82 Å². The quantitative estimate of drug-likeness (QED) is 0.784. The number of anilines is 1. The molecule has 0 saturated carbocycles. The van der Waals surface area contributed by atoms with Crippen LogP contribution in [-0.2, 0) is 0 Å². The Bertz CT molecular complexity index is 720. The second-order valence-electron chi connectivity index (χ2n) is 6.59. The van der Waals surface area contributed by atoms with Crippen LogP contribution in [0.25, 0.3) is 5.65 Å². The molecule has 1 fully saturated rings. The van der Waals surface area contributed by atoms with E-state index in [1.165, 1.54) is 6.20 Å². The smallest absolute Gasteiger partial charge is 0.254 e. The van der Waals surface area contributed by atoms with E-state index in [1.54, 1.807) is 4.52 Å². The number of rotatable bonds is 3. The van der Waals surface area contributed by atoms with Crippen LogP contribution in [0.15, 0.2) is 12.3 Å². The molecular weight excluding hydrogens is 280 g/mol. The van der Waals surface area contributed by atoms with Gasteiger partial charge >= 0.3 is 0 Å². The molecule has 1 aliphatic rings. The molecule has 4 N–H and O–H groups in total. The van der Waals surface area contributed by atoms with Crippen LogP contribution >= 0.6 is 0 Å². The number of nitrogens with one attached hydrogen (secondary N) is 2. The van der Waals surface area contributed by atoms with Crippen molar-refractivity contribution in [3.8, 4) is 0 Å². The molecule has 0 unspecified atom stereocenters. The fraction of sp³-hybridized carbons (Fsp3) is 0.533. The minimum atomic E-state index is -0.503. The predicted octanol–water partition coefficient (Wildman–Crippen LogP) is 0.937. The van der Waals surface area contributed by atoms with E-state index in [-0.39, 0.29) is 11.5 Å². The Morgan fingerprint density at radius 3 is 3.00 bits per heavy atom. The van der Waals surface area contributed by atoms with Crippen LogP contribution in [0.1, 0.15) is 36.3 Å². The lowest BCUT2D eigenvalue weighted by molar-refractivity contribution is 0.1000. The Balaban J connectivity index is 2.07. The van der Waals surface area contributed by atoms with Gasteiger partial charge in [0, 0.05) is 24.8 Å². The normalized spacial score (nSPS) is 21.0. The van der Waals surface area contributed by atoms with E-state index < -0.39 is 5.91 Å². The van der Waals surface area contributed by atoms with Gasteiger partial charge in [0.25, 0.3) is 5.91 Å². The van der Waals surface area contributed by atoms with E-state index >= 15 is 0 Å². The Morgan fingerprint density at radius 1 is 1.55 bits per heavy atom. The number of carbonyl (C=O) groups is 1. The van der Waals surface area contributed by atoms with Gasteiger partial charge in [0.15, 0.2) is 5.65 Å². The number of fused-ring (bicyclic) bond motifs is 1. The maximum atomic E-state index is 11.8. The minimum absolute atomic E-state index is 0.0605. The van der Waals surface area contributed by atoms with Crippen molar-refractivity contribution in [2.45, 2.75) is 33.2 Å². The first-order valence-electron chi connectivity index (χ1n) is 7.51. The maximum Gasteiger partial charge on any atom is 0.254 e. The molecule has 2 aromatic heterocycles. The first-order chi connectivity index (χ1) is 10.4. The van der Waals surface area contributed by atoms with Gasteiger partial charge in [-0.15, -0.1) is 0 Å². The van der Waals surface area contributed by atoms with E-state index in [9.17, 15) is 4.79 Å². The fourth-order valence-electron chi connectivity index (χ4n) is 2.97. The molecule has 0 aliphatic carbocycles. The van der Waals surface area contributed by atoms with Crippen LogP contribution in [0.4, 0.5) is 5.82 Å². The van der Waals surface area contributed by atoms with Crippen molar-refractivity contribution in [3.63, 3.8) is 0 Å². The number of aryl methyl sites for hydroxylation is 1. The number of nitrogens with two attached hydrogens (primary N) is 1. The highest BCUT2D eigenvalue weighted by Crippen LogP contribution is 2.29. The molecule has 0 spiro atoms. The zero-order valence-corrected chi connectivity index (χ0v) is 13.2. The first kappa shape index (κ1) is 14.8. The molecule has 1 atom stereocenters. The molecule has 3 rings (SSSR count). The topological polar surface area (TPSA) is 97.3 Å². The number of hydrogen-bond acceptors (Lipinski definition) is 5. The summed E-state index contributed by atoms with van der Waals surface area (Å²) in [5, 5.41) is 11.3. The summed E-state index contributed by atoms with van der Waals surface area (Å²) in [4.78, 5) is 16.0. The lowest BCUT2D eigenvalue weighted by atomic mass is 9.80. The molecule has 7 nitrogen and oxygen atoms in total. The number of nitrogens with zero attached hydrogens (tertiary/aromatic N) is 3. The zero-order chi connectivity index (χ0) is 15.9. The summed E-state index contributed by atoms with van der Waals surface area (Å²) in [6, 6.07) is 2.10. The second-order valence-corrected chi connectivity index (χ2v) is 6.59. The van der Waals surface area contributed by atoms with E-state index in [4.69, 9.17) is 5.73 Å². The van der Waals surface area contributed by atoms with Crippen molar-refractivity contribution >= 4 is 17.4 Å². The molecular formula is C15H22N6O. The summed E-state index contributed by atoms with van der Waals surface area (Å²) in [5.74, 6) is 0.127. The van der Waals surface area contributed by atoms with Gasteiger partial charge in [-0.05, 0) is 25.3 Å². The van der Waals surface area contributed by atoms with Crippen LogP contribution in [0, 0.1) is 12.3 Å². The van der Waals surface area contributed by atoms with E-state index in [1.807, 2.05) is 13.0 Å². The SMILES string of the molecule is Cc1cc2ncc(C(N)=O)c(N[C@@H]3CCNCC3(C)C)n2n1. The van der Waals surface area contributed by atoms with Crippen LogP contribution in [-0.4, -0.2) is 39.6 Å². The summed E-state index contributed by atoms with van der Waals surface area (Å²) in [6.07, 6.45) is 2.49. The van der Waals surface area contributed by atoms with Crippen molar-refractivity contribution in [1.82, 2.24) is 19.9 Å². The Kier molecular flexibility index (Phi) is 3.52. The van der Waals surface area contributed by atoms with Gasteiger partial charge in [-0.2, -0.15) is 9.61 Å². The Morgan fingerprint density at radius 2 is 2.32 bits per heavy atom. The van der Waals surface area contributed by atoms with Crippen molar-refractivity contribution in [1.29, 1.82) is 0 Å². The van der Waals surface area contributed by atoms with Gasteiger partial charge in [-0.1, -0.05) is 13.8 Å². The monoisotopic (exact) mass is 302 g/mol. The van der Waals surface area contributed by atoms with Crippen molar-refractivity contribution in [2.75, 3.05) is 18.4 Å². The average Bonchev–Trinajstić information content (AvgIpc) is 2.81. The molecule has 3 heterocycles. The first-order valence-corrected chi connectivity index (χ1v) is 7.51. The van der Waals surface area contributed by atoms with Crippen LogP contribution < -0.4 is 16.4 Å². The summed E-state index contributed by atoms with van der Waals surface area (Å²) in [5.41, 5.74) is 7.49. The lowest BCUT2D eigenvalue weighted by Gasteiger charge is -2.40. The molecule has 22 heavy (non-hydrogen) atoms. The standard InChI is InChI=1S/C15H22N6O/c1-9-6-12-18-7-10(13(16)22)14(21(12)20-9)19-11-4-5-17-8-15(11,2)3/h6-7,11,17,19H,4-5,8H2,1-3H3,(H2,16,22)/t11-/m1/s1. The largest absolute Gasteiger partial charge is 0.366 e. The molecule has 1 amide bonds. The highest BCUT2D eigenvalue weighted by molar-refractivity contribution is 5.97. The predicted molar refractivity (Wildman–Crippen MR) is 84.9 cm³/mol. The van der Waals surface area contributed by atoms with Crippen molar-refractivity contribution in [3.05, 3.63) is 23.5 Å². The second kappa shape index (κ2) is 5.24. The molecule has 0 aromatic carbocycles. The van der Waals surface area contributed by atoms with Gasteiger partial charge in [-0.25, -0.2) is 4.98 Å². The maximum absolute atomic E-state index is 11.8. The number of amides is 1. The van der Waals surface area contributed by atoms with E-state index in [0.717, 1.165) is 25.2 Å². The third-order valence-corrected chi connectivity index (χ3v) is 4.32. The highest BCUT2D eigenvalue weighted by atomic mass is 16.1. The third-order valence-electron chi connectivity index (χ3n) is 4.32. The van der Waals surface area contributed by atoms with Crippen molar-refractivity contribution in [2.24, 2.45) is 11.1 Å². The fourth-order valence-corrected chi connectivity index (χ4v) is 2.97. The Hall–Kier alpha value is -2.15. The van der Waals surface area contributed by atoms with Gasteiger partial charge in [0.2, 0.25) is 0 Å². The van der Waals surface area contributed by atoms with E-state index in [2.05, 4.69) is 34.6 Å². The van der Waals surface area contributed by atoms with Crippen LogP contribution in [0.2, 0.25) is 0 Å².